The minimum Gasteiger partial charge on any atom is -0.598 e. The van der Waals surface area contributed by atoms with E-state index >= 15 is 0 Å². The van der Waals surface area contributed by atoms with Crippen LogP contribution in [0, 0.1) is 5.92 Å². The van der Waals surface area contributed by atoms with Crippen LogP contribution in [0.25, 0.3) is 0 Å². The zero-order valence-corrected chi connectivity index (χ0v) is 30.4. The number of benzene rings is 3. The highest BCUT2D eigenvalue weighted by molar-refractivity contribution is 7.99. The van der Waals surface area contributed by atoms with Gasteiger partial charge in [-0.25, -0.2) is 14.4 Å². The number of thioether (sulfide) groups is 1. The highest BCUT2D eigenvalue weighted by Gasteiger charge is 2.56. The van der Waals surface area contributed by atoms with Crippen LogP contribution >= 0.6 is 11.8 Å². The minimum absolute atomic E-state index is 0.246. The van der Waals surface area contributed by atoms with Crippen molar-refractivity contribution in [2.24, 2.45) is 5.92 Å². The van der Waals surface area contributed by atoms with Crippen molar-refractivity contribution >= 4 is 41.0 Å². The van der Waals surface area contributed by atoms with Crippen molar-refractivity contribution in [3.8, 4) is 0 Å². The number of allylic oxidation sites excluding steroid dienone is 1. The maximum Gasteiger partial charge on any atom is 0.338 e. The van der Waals surface area contributed by atoms with Crippen LogP contribution < -0.4 is 4.72 Å². The van der Waals surface area contributed by atoms with Crippen molar-refractivity contribution in [3.05, 3.63) is 133 Å². The second-order valence-corrected chi connectivity index (χ2v) is 15.9. The van der Waals surface area contributed by atoms with Gasteiger partial charge in [0.25, 0.3) is 0 Å². The number of carbonyl (C=O) groups is 3. The number of hydrogen-bond donors (Lipinski definition) is 1. The molecule has 1 fully saturated rings. The van der Waals surface area contributed by atoms with Crippen LogP contribution in [0.4, 0.5) is 0 Å². The standard InChI is InChI=1S/C39H45NO8S2/c1-7-9-25-49-38-34(47-37(43)29-23-17-12-18-24-29)33(46-36(42)28-21-15-11-16-22-28)32(45-35(41)27-19-13-10-14-20-27)31(48-38)30(26(3)8-2)40-50(44)39(4,5)6/h7-8,10-24,26,30-34,38,40H,1-2,9,25H2,3-6H3/t26?,30?,31-,32+,33+,34-,38-,50-/m1/s1. The van der Waals surface area contributed by atoms with E-state index in [1.54, 1.807) is 103 Å². The Balaban J connectivity index is 1.88. The Morgan fingerprint density at radius 2 is 1.26 bits per heavy atom. The van der Waals surface area contributed by atoms with Crippen molar-refractivity contribution in [3.63, 3.8) is 0 Å². The van der Waals surface area contributed by atoms with E-state index < -0.39 is 69.9 Å². The molecule has 0 saturated carbocycles. The Bertz CT molecular complexity index is 1570. The zero-order chi connectivity index (χ0) is 36.3. The molecule has 2 unspecified atom stereocenters. The predicted molar refractivity (Wildman–Crippen MR) is 197 cm³/mol. The van der Waals surface area contributed by atoms with Crippen molar-refractivity contribution in [1.29, 1.82) is 0 Å². The number of hydrogen-bond acceptors (Lipinski definition) is 10. The van der Waals surface area contributed by atoms with Gasteiger partial charge in [-0.1, -0.05) is 73.7 Å². The molecule has 1 aliphatic heterocycles. The van der Waals surface area contributed by atoms with Crippen LogP contribution in [0.1, 0.15) is 65.2 Å². The lowest BCUT2D eigenvalue weighted by atomic mass is 9.88. The molecular formula is C39H45NO8S2. The highest BCUT2D eigenvalue weighted by atomic mass is 32.2. The molecule has 1 heterocycles. The quantitative estimate of drug-likeness (QED) is 0.0581. The maximum absolute atomic E-state index is 13.8. The first-order valence-corrected chi connectivity index (χ1v) is 18.6. The summed E-state index contributed by atoms with van der Waals surface area (Å²) in [6.07, 6.45) is -0.931. The van der Waals surface area contributed by atoms with Crippen molar-refractivity contribution in [2.75, 3.05) is 5.75 Å². The molecule has 8 atom stereocenters. The molecule has 1 saturated heterocycles. The Kier molecular flexibility index (Phi) is 14.3. The van der Waals surface area contributed by atoms with E-state index in [0.717, 1.165) is 0 Å². The topological polar surface area (TPSA) is 123 Å². The summed E-state index contributed by atoms with van der Waals surface area (Å²) in [5.74, 6) is -1.96. The van der Waals surface area contributed by atoms with Gasteiger partial charge in [0, 0.05) is 11.4 Å². The van der Waals surface area contributed by atoms with Crippen LogP contribution in [-0.2, 0) is 30.3 Å². The van der Waals surface area contributed by atoms with E-state index in [1.807, 2.05) is 27.7 Å². The molecule has 0 amide bonds. The average molecular weight is 720 g/mol. The first-order valence-electron chi connectivity index (χ1n) is 16.4. The van der Waals surface area contributed by atoms with Crippen molar-refractivity contribution in [1.82, 2.24) is 4.72 Å². The largest absolute Gasteiger partial charge is 0.598 e. The SMILES string of the molecule is C=CCCS[C@H]1O[C@H](C(N[S@+]([O-])C(C)(C)C)C(C)C=C)[C@H](OC(=O)c2ccccc2)[C@H](OC(=O)c2ccccc2)[C@H]1OC(=O)c1ccccc1. The fourth-order valence-corrected chi connectivity index (χ4v) is 7.23. The summed E-state index contributed by atoms with van der Waals surface area (Å²) in [6.45, 7) is 15.2. The summed E-state index contributed by atoms with van der Waals surface area (Å²) in [6, 6.07) is 24.4. The third kappa shape index (κ3) is 10.3. The summed E-state index contributed by atoms with van der Waals surface area (Å²) in [5, 5.41) is 0. The molecule has 1 aliphatic rings. The molecular weight excluding hydrogens is 675 g/mol. The van der Waals surface area contributed by atoms with Gasteiger partial charge in [-0.2, -0.15) is 0 Å². The minimum atomic E-state index is -1.60. The van der Waals surface area contributed by atoms with Crippen molar-refractivity contribution in [2.45, 2.75) is 74.8 Å². The molecule has 0 radical (unpaired) electrons. The molecule has 1 N–H and O–H groups in total. The molecule has 0 bridgehead atoms. The molecule has 0 spiro atoms. The van der Waals surface area contributed by atoms with Crippen LogP contribution in [0.15, 0.2) is 116 Å². The predicted octanol–water partition coefficient (Wildman–Crippen LogP) is 6.94. The first kappa shape index (κ1) is 38.9. The molecule has 9 nitrogen and oxygen atoms in total. The highest BCUT2D eigenvalue weighted by Crippen LogP contribution is 2.38. The molecule has 0 aliphatic carbocycles. The zero-order valence-electron chi connectivity index (χ0n) is 28.8. The average Bonchev–Trinajstić information content (AvgIpc) is 3.12. The Morgan fingerprint density at radius 3 is 1.68 bits per heavy atom. The number of rotatable bonds is 15. The summed E-state index contributed by atoms with van der Waals surface area (Å²) in [5.41, 5.74) is -0.136. The van der Waals surface area contributed by atoms with Gasteiger partial charge < -0.3 is 23.5 Å². The fraction of sp³-hybridized carbons (Fsp3) is 0.359. The Labute approximate surface area is 302 Å². The van der Waals surface area contributed by atoms with Gasteiger partial charge in [-0.15, -0.1) is 29.6 Å². The molecule has 3 aromatic rings. The molecule has 0 aromatic heterocycles. The lowest BCUT2D eigenvalue weighted by molar-refractivity contribution is -0.207. The molecule has 4 rings (SSSR count). The monoisotopic (exact) mass is 719 g/mol. The fourth-order valence-electron chi connectivity index (χ4n) is 5.14. The van der Waals surface area contributed by atoms with Gasteiger partial charge >= 0.3 is 17.9 Å². The van der Waals surface area contributed by atoms with Crippen molar-refractivity contribution < 1.29 is 37.9 Å². The number of esters is 3. The molecule has 266 valence electrons. The van der Waals surface area contributed by atoms with E-state index in [0.29, 0.717) is 12.2 Å². The van der Waals surface area contributed by atoms with E-state index in [2.05, 4.69) is 17.9 Å². The van der Waals surface area contributed by atoms with Gasteiger partial charge in [-0.05, 0) is 75.3 Å². The third-order valence-electron chi connectivity index (χ3n) is 7.98. The number of carbonyl (C=O) groups excluding carboxylic acids is 3. The summed E-state index contributed by atoms with van der Waals surface area (Å²) in [4.78, 5) is 41.3. The van der Waals surface area contributed by atoms with Crippen LogP contribution in [-0.4, -0.2) is 68.9 Å². The Hall–Kier alpha value is -3.87. The van der Waals surface area contributed by atoms with Gasteiger partial charge in [0.15, 0.2) is 18.3 Å². The summed E-state index contributed by atoms with van der Waals surface area (Å²) < 4.78 is 41.6. The van der Waals surface area contributed by atoms with Gasteiger partial charge in [0.2, 0.25) is 0 Å². The van der Waals surface area contributed by atoms with Gasteiger partial charge in [0.05, 0.1) is 22.7 Å². The summed E-state index contributed by atoms with van der Waals surface area (Å²) in [7, 11) is 0. The smallest absolute Gasteiger partial charge is 0.338 e. The van der Waals surface area contributed by atoms with E-state index in [-0.39, 0.29) is 22.6 Å². The van der Waals surface area contributed by atoms with E-state index in [4.69, 9.17) is 18.9 Å². The van der Waals surface area contributed by atoms with E-state index in [9.17, 15) is 18.9 Å². The second-order valence-electron chi connectivity index (χ2n) is 12.7. The van der Waals surface area contributed by atoms with Gasteiger partial charge in [-0.3, -0.25) is 0 Å². The normalized spacial score (nSPS) is 22.3. The van der Waals surface area contributed by atoms with Crippen LogP contribution in [0.3, 0.4) is 0 Å². The number of ether oxygens (including phenoxy) is 4. The molecule has 3 aromatic carbocycles. The van der Waals surface area contributed by atoms with E-state index in [1.165, 1.54) is 11.8 Å². The summed E-state index contributed by atoms with van der Waals surface area (Å²) >= 11 is -0.255. The van der Waals surface area contributed by atoms with Gasteiger partial charge in [0.1, 0.15) is 16.3 Å². The molecule has 50 heavy (non-hydrogen) atoms. The second kappa shape index (κ2) is 18.4. The Morgan fingerprint density at radius 1 is 0.820 bits per heavy atom. The lowest BCUT2D eigenvalue weighted by Gasteiger charge is -2.47. The number of nitrogens with one attached hydrogen (secondary N) is 1. The third-order valence-corrected chi connectivity index (χ3v) is 10.8. The lowest BCUT2D eigenvalue weighted by Crippen LogP contribution is -2.67. The molecule has 11 heteroatoms. The van der Waals surface area contributed by atoms with Crippen LogP contribution in [0.5, 0.6) is 0 Å². The maximum atomic E-state index is 13.8. The first-order chi connectivity index (χ1) is 23.9. The van der Waals surface area contributed by atoms with Crippen LogP contribution in [0.2, 0.25) is 0 Å².